The number of allylic oxidation sites excluding steroid dienone is 1. The minimum atomic E-state index is -0.682. The zero-order valence-electron chi connectivity index (χ0n) is 9.54. The number of carbonyl (C=O) groups is 1. The fourth-order valence-corrected chi connectivity index (χ4v) is 0.781. The second-order valence-electron chi connectivity index (χ2n) is 3.31. The number of rotatable bonds is 6. The lowest BCUT2D eigenvalue weighted by Crippen LogP contribution is -2.33. The Morgan fingerprint density at radius 3 is 2.67 bits per heavy atom. The molecule has 0 aromatic heterocycles. The summed E-state index contributed by atoms with van der Waals surface area (Å²) in [5, 5.41) is 12.3. The molecule has 0 rings (SSSR count). The Morgan fingerprint density at radius 2 is 2.20 bits per heavy atom. The lowest BCUT2D eigenvalue weighted by Gasteiger charge is -2.13. The van der Waals surface area contributed by atoms with Gasteiger partial charge in [-0.05, 0) is 26.3 Å². The van der Waals surface area contributed by atoms with Crippen molar-refractivity contribution in [3.8, 4) is 0 Å². The number of carbonyl (C=O) groups excluding carboxylic acids is 1. The Hall–Kier alpha value is -1.13. The van der Waals surface area contributed by atoms with Gasteiger partial charge in [-0.2, -0.15) is 0 Å². The molecule has 0 saturated carbocycles. The topological polar surface area (TPSA) is 58.6 Å². The van der Waals surface area contributed by atoms with Crippen molar-refractivity contribution in [2.75, 3.05) is 13.2 Å². The molecule has 0 aromatic rings. The first-order chi connectivity index (χ1) is 6.99. The molecule has 0 aromatic carbocycles. The molecule has 0 fully saturated rings. The van der Waals surface area contributed by atoms with Crippen molar-refractivity contribution in [3.63, 3.8) is 0 Å². The van der Waals surface area contributed by atoms with Gasteiger partial charge in [0, 0.05) is 12.1 Å². The van der Waals surface area contributed by atoms with Crippen LogP contribution in [-0.2, 0) is 9.53 Å². The molecular formula is C11H19NO3. The molecule has 4 heteroatoms. The average molecular weight is 213 g/mol. The highest BCUT2D eigenvalue weighted by atomic mass is 16.5. The first kappa shape index (κ1) is 13.9. The van der Waals surface area contributed by atoms with E-state index < -0.39 is 12.2 Å². The number of hydrogen-bond acceptors (Lipinski definition) is 4. The molecule has 0 radical (unpaired) electrons. The summed E-state index contributed by atoms with van der Waals surface area (Å²) in [7, 11) is 0. The summed E-state index contributed by atoms with van der Waals surface area (Å²) in [4.78, 5) is 11.0. The molecule has 2 N–H and O–H groups in total. The largest absolute Gasteiger partial charge is 0.461 e. The molecule has 0 amide bonds. The quantitative estimate of drug-likeness (QED) is 0.227. The molecule has 1 atom stereocenters. The number of nitrogens with one attached hydrogen (secondary N) is 1. The van der Waals surface area contributed by atoms with E-state index in [0.717, 1.165) is 5.57 Å². The van der Waals surface area contributed by atoms with Crippen LogP contribution in [0.4, 0.5) is 0 Å². The molecule has 0 aliphatic rings. The van der Waals surface area contributed by atoms with E-state index in [1.54, 1.807) is 6.92 Å². The Balaban J connectivity index is 3.64. The van der Waals surface area contributed by atoms with Gasteiger partial charge in [0.05, 0.1) is 0 Å². The molecule has 4 nitrogen and oxygen atoms in total. The van der Waals surface area contributed by atoms with E-state index in [4.69, 9.17) is 4.74 Å². The van der Waals surface area contributed by atoms with E-state index in [1.165, 1.54) is 0 Å². The summed E-state index contributed by atoms with van der Waals surface area (Å²) in [6, 6.07) is 0. The Kier molecular flexibility index (Phi) is 6.66. The van der Waals surface area contributed by atoms with Crippen LogP contribution in [0.1, 0.15) is 20.8 Å². The van der Waals surface area contributed by atoms with Crippen LogP contribution in [0.5, 0.6) is 0 Å². The highest BCUT2D eigenvalue weighted by Gasteiger charge is 2.05. The van der Waals surface area contributed by atoms with Crippen molar-refractivity contribution in [2.24, 2.45) is 0 Å². The molecule has 0 saturated heterocycles. The van der Waals surface area contributed by atoms with Crippen molar-refractivity contribution < 1.29 is 14.6 Å². The van der Waals surface area contributed by atoms with Gasteiger partial charge < -0.3 is 9.84 Å². The van der Waals surface area contributed by atoms with Gasteiger partial charge in [0.2, 0.25) is 0 Å². The lowest BCUT2D eigenvalue weighted by atomic mass is 10.2. The molecule has 0 spiro atoms. The van der Waals surface area contributed by atoms with E-state index in [2.05, 4.69) is 11.9 Å². The standard InChI is InChI=1S/C11H19NO3/c1-5-9(4)10(13)12-6-7-15-11(14)8(2)3/h5,10,12-13H,2,6-7H2,1,3-4H3. The third-order valence-electron chi connectivity index (χ3n) is 1.91. The average Bonchev–Trinajstić information content (AvgIpc) is 2.22. The van der Waals surface area contributed by atoms with E-state index in [-0.39, 0.29) is 6.61 Å². The zero-order chi connectivity index (χ0) is 11.8. The van der Waals surface area contributed by atoms with Crippen molar-refractivity contribution in [1.82, 2.24) is 5.32 Å². The Bertz CT molecular complexity index is 259. The Morgan fingerprint density at radius 1 is 1.60 bits per heavy atom. The van der Waals surface area contributed by atoms with Gasteiger partial charge in [0.1, 0.15) is 12.8 Å². The van der Waals surface area contributed by atoms with Gasteiger partial charge in [-0.3, -0.25) is 5.32 Å². The molecular weight excluding hydrogens is 194 g/mol. The summed E-state index contributed by atoms with van der Waals surface area (Å²) >= 11 is 0. The van der Waals surface area contributed by atoms with Crippen molar-refractivity contribution in [1.29, 1.82) is 0 Å². The van der Waals surface area contributed by atoms with Crippen LogP contribution in [0.3, 0.4) is 0 Å². The number of esters is 1. The van der Waals surface area contributed by atoms with Crippen LogP contribution in [-0.4, -0.2) is 30.5 Å². The van der Waals surface area contributed by atoms with E-state index in [9.17, 15) is 9.90 Å². The SMILES string of the molecule is C=C(C)C(=O)OCCNC(O)C(C)=CC. The van der Waals surface area contributed by atoms with Crippen LogP contribution < -0.4 is 5.32 Å². The fourth-order valence-electron chi connectivity index (χ4n) is 0.781. The predicted octanol–water partition coefficient (Wildman–Crippen LogP) is 0.980. The van der Waals surface area contributed by atoms with Gasteiger partial charge in [-0.1, -0.05) is 12.7 Å². The molecule has 0 heterocycles. The fraction of sp³-hybridized carbons (Fsp3) is 0.545. The van der Waals surface area contributed by atoms with Crippen LogP contribution in [0.25, 0.3) is 0 Å². The monoisotopic (exact) mass is 213 g/mol. The zero-order valence-corrected chi connectivity index (χ0v) is 9.54. The maximum absolute atomic E-state index is 11.0. The van der Waals surface area contributed by atoms with E-state index >= 15 is 0 Å². The van der Waals surface area contributed by atoms with Gasteiger partial charge in [0.25, 0.3) is 0 Å². The Labute approximate surface area is 90.6 Å². The van der Waals surface area contributed by atoms with E-state index in [1.807, 2.05) is 19.9 Å². The lowest BCUT2D eigenvalue weighted by molar-refractivity contribution is -0.138. The second-order valence-corrected chi connectivity index (χ2v) is 3.31. The van der Waals surface area contributed by atoms with Gasteiger partial charge in [-0.25, -0.2) is 4.79 Å². The van der Waals surface area contributed by atoms with Crippen molar-refractivity contribution >= 4 is 5.97 Å². The van der Waals surface area contributed by atoms with Crippen LogP contribution in [0, 0.1) is 0 Å². The normalized spacial score (nSPS) is 13.5. The summed E-state index contributed by atoms with van der Waals surface area (Å²) in [6.07, 6.45) is 1.14. The summed E-state index contributed by atoms with van der Waals surface area (Å²) in [6.45, 7) is 9.34. The third-order valence-corrected chi connectivity index (χ3v) is 1.91. The summed E-state index contributed by atoms with van der Waals surface area (Å²) in [5.74, 6) is -0.408. The first-order valence-corrected chi connectivity index (χ1v) is 4.86. The maximum atomic E-state index is 11.0. The first-order valence-electron chi connectivity index (χ1n) is 4.86. The molecule has 0 bridgehead atoms. The molecule has 15 heavy (non-hydrogen) atoms. The number of ether oxygens (including phenoxy) is 1. The minimum absolute atomic E-state index is 0.222. The predicted molar refractivity (Wildman–Crippen MR) is 59.2 cm³/mol. The highest BCUT2D eigenvalue weighted by Crippen LogP contribution is 1.96. The van der Waals surface area contributed by atoms with Gasteiger partial charge in [-0.15, -0.1) is 0 Å². The molecule has 0 aliphatic carbocycles. The third kappa shape index (κ3) is 6.04. The maximum Gasteiger partial charge on any atom is 0.333 e. The van der Waals surface area contributed by atoms with Crippen molar-refractivity contribution in [3.05, 3.63) is 23.8 Å². The molecule has 1 unspecified atom stereocenters. The number of hydrogen-bond donors (Lipinski definition) is 2. The van der Waals surface area contributed by atoms with Crippen LogP contribution >= 0.6 is 0 Å². The van der Waals surface area contributed by atoms with Crippen LogP contribution in [0.15, 0.2) is 23.8 Å². The molecule has 86 valence electrons. The number of aliphatic hydroxyl groups is 1. The van der Waals surface area contributed by atoms with Gasteiger partial charge in [0.15, 0.2) is 0 Å². The minimum Gasteiger partial charge on any atom is -0.461 e. The summed E-state index contributed by atoms with van der Waals surface area (Å²) in [5.41, 5.74) is 1.21. The highest BCUT2D eigenvalue weighted by molar-refractivity contribution is 5.86. The van der Waals surface area contributed by atoms with Crippen LogP contribution in [0.2, 0.25) is 0 Å². The van der Waals surface area contributed by atoms with Gasteiger partial charge >= 0.3 is 5.97 Å². The van der Waals surface area contributed by atoms with Crippen molar-refractivity contribution in [2.45, 2.75) is 27.0 Å². The molecule has 0 aliphatic heterocycles. The number of aliphatic hydroxyl groups excluding tert-OH is 1. The second kappa shape index (κ2) is 7.20. The summed E-state index contributed by atoms with van der Waals surface area (Å²) < 4.78 is 4.84. The smallest absolute Gasteiger partial charge is 0.333 e. The van der Waals surface area contributed by atoms with E-state index in [0.29, 0.717) is 12.1 Å².